The summed E-state index contributed by atoms with van der Waals surface area (Å²) in [6, 6.07) is 15.1. The minimum absolute atomic E-state index is 0.272. The number of benzene rings is 2. The molecule has 0 aliphatic heterocycles. The number of nitrogens with one attached hydrogen (secondary N) is 1. The summed E-state index contributed by atoms with van der Waals surface area (Å²) in [5, 5.41) is 0.876. The molecule has 8 heteroatoms. The normalized spacial score (nSPS) is 11.3. The highest BCUT2D eigenvalue weighted by molar-refractivity contribution is 7.92. The van der Waals surface area contributed by atoms with Gasteiger partial charge in [-0.3, -0.25) is 9.10 Å². The number of ether oxygens (including phenoxy) is 1. The molecule has 7 nitrogen and oxygen atoms in total. The predicted octanol–water partition coefficient (Wildman–Crippen LogP) is 2.60. The summed E-state index contributed by atoms with van der Waals surface area (Å²) < 4.78 is 29.2. The second-order valence-electron chi connectivity index (χ2n) is 6.05. The highest BCUT2D eigenvalue weighted by Crippen LogP contribution is 2.17. The zero-order chi connectivity index (χ0) is 19.6. The molecule has 140 valence electrons. The lowest BCUT2D eigenvalue weighted by atomic mass is 10.1. The summed E-state index contributed by atoms with van der Waals surface area (Å²) >= 11 is 0. The second kappa shape index (κ2) is 7.24. The van der Waals surface area contributed by atoms with Crippen LogP contribution in [-0.4, -0.2) is 45.1 Å². The topological polar surface area (TPSA) is 96.5 Å². The van der Waals surface area contributed by atoms with E-state index in [1.165, 1.54) is 31.3 Å². The number of para-hydroxylation sites is 1. The molecule has 0 unspecified atom stereocenters. The van der Waals surface area contributed by atoms with Crippen LogP contribution in [0.5, 0.6) is 0 Å². The molecule has 0 spiro atoms. The molecule has 0 saturated carbocycles. The average molecular weight is 386 g/mol. The van der Waals surface area contributed by atoms with Crippen molar-refractivity contribution in [2.24, 2.45) is 0 Å². The van der Waals surface area contributed by atoms with Gasteiger partial charge in [-0.2, -0.15) is 0 Å². The van der Waals surface area contributed by atoms with Gasteiger partial charge in [-0.1, -0.05) is 18.2 Å². The fourth-order valence-corrected chi connectivity index (χ4v) is 3.03. The Morgan fingerprint density at radius 3 is 2.37 bits per heavy atom. The monoisotopic (exact) mass is 386 g/mol. The Morgan fingerprint density at radius 2 is 1.74 bits per heavy atom. The zero-order valence-corrected chi connectivity index (χ0v) is 15.6. The van der Waals surface area contributed by atoms with Gasteiger partial charge in [-0.25, -0.2) is 13.2 Å². The quantitative estimate of drug-likeness (QED) is 0.519. The molecule has 0 aliphatic rings. The minimum atomic E-state index is -3.38. The average Bonchev–Trinajstić information content (AvgIpc) is 3.09. The van der Waals surface area contributed by atoms with Crippen LogP contribution in [0, 0.1) is 0 Å². The van der Waals surface area contributed by atoms with Gasteiger partial charge in [0.1, 0.15) is 5.69 Å². The summed E-state index contributed by atoms with van der Waals surface area (Å²) in [6.07, 6.45) is 1.09. The number of rotatable bonds is 6. The van der Waals surface area contributed by atoms with Crippen molar-refractivity contribution in [3.8, 4) is 0 Å². The van der Waals surface area contributed by atoms with Gasteiger partial charge < -0.3 is 9.72 Å². The molecule has 1 aromatic heterocycles. The smallest absolute Gasteiger partial charge is 0.355 e. The third-order valence-electron chi connectivity index (χ3n) is 4.13. The molecule has 2 aromatic carbocycles. The number of carbonyl (C=O) groups excluding carboxylic acids is 2. The third kappa shape index (κ3) is 4.17. The second-order valence-corrected chi connectivity index (χ2v) is 8.06. The van der Waals surface area contributed by atoms with E-state index in [0.29, 0.717) is 11.3 Å². The van der Waals surface area contributed by atoms with E-state index in [1.54, 1.807) is 6.07 Å². The molecule has 0 radical (unpaired) electrons. The first kappa shape index (κ1) is 18.7. The lowest BCUT2D eigenvalue weighted by molar-refractivity contribution is 0.0470. The maximum atomic E-state index is 12.2. The zero-order valence-electron chi connectivity index (χ0n) is 14.8. The van der Waals surface area contributed by atoms with E-state index in [2.05, 4.69) is 4.98 Å². The molecule has 0 saturated heterocycles. The number of aromatic nitrogens is 1. The van der Waals surface area contributed by atoms with Gasteiger partial charge in [-0.15, -0.1) is 0 Å². The molecule has 0 amide bonds. The summed E-state index contributed by atoms with van der Waals surface area (Å²) in [6.45, 7) is -0.407. The first-order chi connectivity index (χ1) is 12.8. The Kier molecular flexibility index (Phi) is 5.00. The van der Waals surface area contributed by atoms with Crippen LogP contribution in [0.25, 0.3) is 10.9 Å². The van der Waals surface area contributed by atoms with E-state index in [-0.39, 0.29) is 11.5 Å². The number of hydrogen-bond donors (Lipinski definition) is 1. The Labute approximate surface area is 156 Å². The number of carbonyl (C=O) groups is 2. The summed E-state index contributed by atoms with van der Waals surface area (Å²) in [5.74, 6) is -0.999. The number of ketones is 1. The first-order valence-corrected chi connectivity index (χ1v) is 9.92. The molecule has 27 heavy (non-hydrogen) atoms. The van der Waals surface area contributed by atoms with E-state index < -0.39 is 22.6 Å². The van der Waals surface area contributed by atoms with Crippen molar-refractivity contribution in [2.75, 3.05) is 24.2 Å². The molecule has 0 fully saturated rings. The number of esters is 1. The van der Waals surface area contributed by atoms with Gasteiger partial charge in [0, 0.05) is 23.5 Å². The molecule has 1 heterocycles. The van der Waals surface area contributed by atoms with Crippen LogP contribution < -0.4 is 4.31 Å². The molecule has 0 atom stereocenters. The number of nitrogens with zero attached hydrogens (tertiary/aromatic N) is 1. The van der Waals surface area contributed by atoms with Crippen molar-refractivity contribution in [3.05, 3.63) is 65.9 Å². The van der Waals surface area contributed by atoms with Crippen LogP contribution >= 0.6 is 0 Å². The van der Waals surface area contributed by atoms with Crippen LogP contribution in [0.1, 0.15) is 20.8 Å². The fourth-order valence-electron chi connectivity index (χ4n) is 2.52. The van der Waals surface area contributed by atoms with Crippen LogP contribution in [0.3, 0.4) is 0 Å². The lowest BCUT2D eigenvalue weighted by Crippen LogP contribution is -2.24. The molecule has 3 rings (SSSR count). The van der Waals surface area contributed by atoms with Gasteiger partial charge in [0.15, 0.2) is 12.4 Å². The lowest BCUT2D eigenvalue weighted by Gasteiger charge is -2.16. The van der Waals surface area contributed by atoms with Gasteiger partial charge in [0.05, 0.1) is 11.9 Å². The third-order valence-corrected chi connectivity index (χ3v) is 5.34. The van der Waals surface area contributed by atoms with Gasteiger partial charge in [0.25, 0.3) is 0 Å². The summed E-state index contributed by atoms with van der Waals surface area (Å²) in [5.41, 5.74) is 1.84. The number of H-pyrrole nitrogens is 1. The Morgan fingerprint density at radius 1 is 1.07 bits per heavy atom. The van der Waals surface area contributed by atoms with Gasteiger partial charge in [-0.05, 0) is 36.4 Å². The SMILES string of the molecule is CN(c1ccc(C(=O)COC(=O)c2cc3ccccc3[nH]2)cc1)S(C)(=O)=O. The van der Waals surface area contributed by atoms with E-state index in [9.17, 15) is 18.0 Å². The largest absolute Gasteiger partial charge is 0.453 e. The first-order valence-electron chi connectivity index (χ1n) is 8.08. The number of sulfonamides is 1. The van der Waals surface area contributed by atoms with Crippen molar-refractivity contribution in [2.45, 2.75) is 0 Å². The van der Waals surface area contributed by atoms with Gasteiger partial charge >= 0.3 is 5.97 Å². The number of anilines is 1. The molecular formula is C19H18N2O5S. The van der Waals surface area contributed by atoms with Gasteiger partial charge in [0.2, 0.25) is 10.0 Å². The number of aromatic amines is 1. The Hall–Kier alpha value is -3.13. The summed E-state index contributed by atoms with van der Waals surface area (Å²) in [4.78, 5) is 27.3. The predicted molar refractivity (Wildman–Crippen MR) is 103 cm³/mol. The van der Waals surface area contributed by atoms with E-state index in [4.69, 9.17) is 4.74 Å². The van der Waals surface area contributed by atoms with E-state index in [0.717, 1.165) is 21.5 Å². The molecule has 0 bridgehead atoms. The standard InChI is InChI=1S/C19H18N2O5S/c1-21(27(2,24)25)15-9-7-13(8-10-15)18(22)12-26-19(23)17-11-14-5-3-4-6-16(14)20-17/h3-11,20H,12H2,1-2H3. The van der Waals surface area contributed by atoms with Crippen molar-refractivity contribution in [1.29, 1.82) is 0 Å². The van der Waals surface area contributed by atoms with Crippen LogP contribution in [0.2, 0.25) is 0 Å². The number of Topliss-reactive ketones (excluding diaryl/α,β-unsaturated/α-hetero) is 1. The number of fused-ring (bicyclic) bond motifs is 1. The maximum absolute atomic E-state index is 12.2. The Bertz CT molecular complexity index is 1070. The maximum Gasteiger partial charge on any atom is 0.355 e. The Balaban J connectivity index is 1.64. The van der Waals surface area contributed by atoms with Crippen LogP contribution in [-0.2, 0) is 14.8 Å². The molecule has 3 aromatic rings. The van der Waals surface area contributed by atoms with Crippen LogP contribution in [0.4, 0.5) is 5.69 Å². The van der Waals surface area contributed by atoms with Crippen molar-refractivity contribution < 1.29 is 22.7 Å². The minimum Gasteiger partial charge on any atom is -0.453 e. The van der Waals surface area contributed by atoms with Crippen molar-refractivity contribution >= 4 is 38.4 Å². The van der Waals surface area contributed by atoms with Crippen molar-refractivity contribution in [1.82, 2.24) is 4.98 Å². The highest BCUT2D eigenvalue weighted by atomic mass is 32.2. The number of hydrogen-bond acceptors (Lipinski definition) is 5. The summed E-state index contributed by atoms with van der Waals surface area (Å²) in [7, 11) is -1.95. The molecule has 1 N–H and O–H groups in total. The highest BCUT2D eigenvalue weighted by Gasteiger charge is 2.15. The van der Waals surface area contributed by atoms with Crippen molar-refractivity contribution in [3.63, 3.8) is 0 Å². The van der Waals surface area contributed by atoms with Crippen LogP contribution in [0.15, 0.2) is 54.6 Å². The fraction of sp³-hybridized carbons (Fsp3) is 0.158. The van der Waals surface area contributed by atoms with E-state index >= 15 is 0 Å². The van der Waals surface area contributed by atoms with E-state index in [1.807, 2.05) is 24.3 Å². The molecule has 0 aliphatic carbocycles. The molecular weight excluding hydrogens is 368 g/mol.